The largest absolute Gasteiger partial charge is 0.497 e. The molecule has 138 valence electrons. The van der Waals surface area contributed by atoms with Gasteiger partial charge in [-0.05, 0) is 54.8 Å². The number of benzene rings is 3. The summed E-state index contributed by atoms with van der Waals surface area (Å²) in [5.74, 6) is 1.21. The third-order valence-electron chi connectivity index (χ3n) is 4.20. The Kier molecular flexibility index (Phi) is 6.47. The van der Waals surface area contributed by atoms with Crippen LogP contribution in [0.1, 0.15) is 22.3 Å². The summed E-state index contributed by atoms with van der Waals surface area (Å²) < 4.78 is 11.0. The van der Waals surface area contributed by atoms with Crippen LogP contribution in [-0.4, -0.2) is 19.6 Å². The molecule has 0 bridgehead atoms. The number of anilines is 1. The van der Waals surface area contributed by atoms with Crippen molar-refractivity contribution in [3.8, 4) is 11.5 Å². The minimum Gasteiger partial charge on any atom is -0.497 e. The lowest BCUT2D eigenvalue weighted by Crippen LogP contribution is -2.13. The zero-order valence-corrected chi connectivity index (χ0v) is 15.4. The Hall–Kier alpha value is -3.27. The molecule has 0 radical (unpaired) electrons. The van der Waals surface area contributed by atoms with Gasteiger partial charge >= 0.3 is 0 Å². The summed E-state index contributed by atoms with van der Waals surface area (Å²) in [6.45, 7) is 0.588. The smallest absolute Gasteiger partial charge is 0.255 e. The highest BCUT2D eigenvalue weighted by Gasteiger charge is 2.10. The van der Waals surface area contributed by atoms with E-state index < -0.39 is 0 Å². The van der Waals surface area contributed by atoms with E-state index in [1.54, 1.807) is 31.4 Å². The predicted molar refractivity (Wildman–Crippen MR) is 108 cm³/mol. The lowest BCUT2D eigenvalue weighted by atomic mass is 10.1. The first-order chi connectivity index (χ1) is 13.3. The van der Waals surface area contributed by atoms with Crippen molar-refractivity contribution in [3.63, 3.8) is 0 Å². The molecule has 0 saturated carbocycles. The predicted octanol–water partition coefficient (Wildman–Crippen LogP) is 4.96. The van der Waals surface area contributed by atoms with Crippen molar-refractivity contribution in [3.05, 3.63) is 90.0 Å². The fraction of sp³-hybridized carbons (Fsp3) is 0.174. The van der Waals surface area contributed by atoms with E-state index in [9.17, 15) is 4.79 Å². The summed E-state index contributed by atoms with van der Waals surface area (Å²) in [4.78, 5) is 12.5. The lowest BCUT2D eigenvalue weighted by Gasteiger charge is -2.13. The highest BCUT2D eigenvalue weighted by molar-refractivity contribution is 6.05. The average molecular weight is 361 g/mol. The normalized spacial score (nSPS) is 10.3. The summed E-state index contributed by atoms with van der Waals surface area (Å²) in [7, 11) is 1.60. The number of methoxy groups -OCH3 is 1. The van der Waals surface area contributed by atoms with Gasteiger partial charge in [0.1, 0.15) is 11.5 Å². The topological polar surface area (TPSA) is 47.6 Å². The van der Waals surface area contributed by atoms with Crippen molar-refractivity contribution < 1.29 is 14.3 Å². The molecule has 0 aliphatic rings. The van der Waals surface area contributed by atoms with Crippen LogP contribution in [0.2, 0.25) is 0 Å². The lowest BCUT2D eigenvalue weighted by molar-refractivity contribution is 0.102. The van der Waals surface area contributed by atoms with E-state index in [1.807, 2.05) is 42.5 Å². The van der Waals surface area contributed by atoms with E-state index in [1.165, 1.54) is 5.56 Å². The second-order valence-electron chi connectivity index (χ2n) is 6.12. The van der Waals surface area contributed by atoms with Crippen molar-refractivity contribution in [2.45, 2.75) is 12.8 Å². The Morgan fingerprint density at radius 3 is 2.33 bits per heavy atom. The van der Waals surface area contributed by atoms with Gasteiger partial charge in [-0.15, -0.1) is 0 Å². The zero-order chi connectivity index (χ0) is 18.9. The zero-order valence-electron chi connectivity index (χ0n) is 15.4. The molecule has 1 amide bonds. The maximum Gasteiger partial charge on any atom is 0.255 e. The van der Waals surface area contributed by atoms with Gasteiger partial charge in [0.2, 0.25) is 0 Å². The molecule has 0 fully saturated rings. The van der Waals surface area contributed by atoms with Gasteiger partial charge in [-0.2, -0.15) is 0 Å². The van der Waals surface area contributed by atoms with Crippen LogP contribution >= 0.6 is 0 Å². The number of carbonyl (C=O) groups excluding carboxylic acids is 1. The Morgan fingerprint density at radius 2 is 1.59 bits per heavy atom. The van der Waals surface area contributed by atoms with Gasteiger partial charge in [-0.1, -0.05) is 42.5 Å². The first-order valence-electron chi connectivity index (χ1n) is 8.97. The van der Waals surface area contributed by atoms with Crippen LogP contribution in [0.3, 0.4) is 0 Å². The van der Waals surface area contributed by atoms with Gasteiger partial charge in [0.15, 0.2) is 0 Å². The standard InChI is InChI=1S/C23H23NO3/c1-26-20-15-13-19(14-16-20)23(25)24-21-11-5-6-12-22(21)27-17-7-10-18-8-3-2-4-9-18/h2-6,8-9,11-16H,7,10,17H2,1H3,(H,24,25). The molecule has 1 N–H and O–H groups in total. The molecule has 3 aromatic carbocycles. The summed E-state index contributed by atoms with van der Waals surface area (Å²) in [6.07, 6.45) is 1.87. The van der Waals surface area contributed by atoms with Crippen molar-refractivity contribution >= 4 is 11.6 Å². The summed E-state index contributed by atoms with van der Waals surface area (Å²) >= 11 is 0. The average Bonchev–Trinajstić information content (AvgIpc) is 2.73. The number of hydrogen-bond acceptors (Lipinski definition) is 3. The number of hydrogen-bond donors (Lipinski definition) is 1. The molecule has 3 aromatic rings. The molecule has 27 heavy (non-hydrogen) atoms. The number of nitrogens with one attached hydrogen (secondary N) is 1. The van der Waals surface area contributed by atoms with E-state index >= 15 is 0 Å². The Morgan fingerprint density at radius 1 is 0.889 bits per heavy atom. The Balaban J connectivity index is 1.57. The van der Waals surface area contributed by atoms with Crippen molar-refractivity contribution in [2.24, 2.45) is 0 Å². The van der Waals surface area contributed by atoms with Crippen LogP contribution in [0, 0.1) is 0 Å². The third-order valence-corrected chi connectivity index (χ3v) is 4.20. The van der Waals surface area contributed by atoms with Crippen LogP contribution < -0.4 is 14.8 Å². The molecule has 0 aromatic heterocycles. The van der Waals surface area contributed by atoms with Crippen LogP contribution in [-0.2, 0) is 6.42 Å². The van der Waals surface area contributed by atoms with Gasteiger partial charge < -0.3 is 14.8 Å². The maximum atomic E-state index is 12.5. The molecule has 0 unspecified atom stereocenters. The van der Waals surface area contributed by atoms with E-state index in [0.29, 0.717) is 29.4 Å². The Bertz CT molecular complexity index is 860. The maximum absolute atomic E-state index is 12.5. The number of aryl methyl sites for hydroxylation is 1. The van der Waals surface area contributed by atoms with Crippen LogP contribution in [0.25, 0.3) is 0 Å². The monoisotopic (exact) mass is 361 g/mol. The first kappa shape index (κ1) is 18.5. The molecular weight excluding hydrogens is 338 g/mol. The molecule has 3 rings (SSSR count). The highest BCUT2D eigenvalue weighted by Crippen LogP contribution is 2.25. The molecule has 0 spiro atoms. The summed E-state index contributed by atoms with van der Waals surface area (Å²) in [5.41, 5.74) is 2.52. The fourth-order valence-corrected chi connectivity index (χ4v) is 2.74. The van der Waals surface area contributed by atoms with E-state index in [0.717, 1.165) is 12.8 Å². The number of ether oxygens (including phenoxy) is 2. The number of carbonyl (C=O) groups is 1. The second kappa shape index (κ2) is 9.43. The van der Waals surface area contributed by atoms with Crippen LogP contribution in [0.5, 0.6) is 11.5 Å². The molecular formula is C23H23NO3. The van der Waals surface area contributed by atoms with Gasteiger partial charge in [0.05, 0.1) is 19.4 Å². The fourth-order valence-electron chi connectivity index (χ4n) is 2.74. The first-order valence-corrected chi connectivity index (χ1v) is 8.97. The molecule has 4 nitrogen and oxygen atoms in total. The SMILES string of the molecule is COc1ccc(C(=O)Nc2ccccc2OCCCc2ccccc2)cc1. The number of rotatable bonds is 8. The highest BCUT2D eigenvalue weighted by atomic mass is 16.5. The molecule has 0 aliphatic heterocycles. The second-order valence-corrected chi connectivity index (χ2v) is 6.12. The van der Waals surface area contributed by atoms with Gasteiger partial charge in [-0.25, -0.2) is 0 Å². The van der Waals surface area contributed by atoms with Gasteiger partial charge in [0.25, 0.3) is 5.91 Å². The molecule has 0 aliphatic carbocycles. The molecule has 0 atom stereocenters. The van der Waals surface area contributed by atoms with Gasteiger partial charge in [0, 0.05) is 5.56 Å². The minimum atomic E-state index is -0.182. The Labute approximate surface area is 159 Å². The quantitative estimate of drug-likeness (QED) is 0.577. The van der Waals surface area contributed by atoms with E-state index in [4.69, 9.17) is 9.47 Å². The van der Waals surface area contributed by atoms with Crippen LogP contribution in [0.15, 0.2) is 78.9 Å². The van der Waals surface area contributed by atoms with Gasteiger partial charge in [-0.3, -0.25) is 4.79 Å². The number of amides is 1. The van der Waals surface area contributed by atoms with Crippen molar-refractivity contribution in [1.82, 2.24) is 0 Å². The molecule has 0 saturated heterocycles. The summed E-state index contributed by atoms with van der Waals surface area (Å²) in [5, 5.41) is 2.92. The molecule has 0 heterocycles. The van der Waals surface area contributed by atoms with Crippen molar-refractivity contribution in [2.75, 3.05) is 19.0 Å². The third kappa shape index (κ3) is 5.35. The minimum absolute atomic E-state index is 0.182. The van der Waals surface area contributed by atoms with E-state index in [2.05, 4.69) is 17.4 Å². The number of para-hydroxylation sites is 2. The van der Waals surface area contributed by atoms with Crippen molar-refractivity contribution in [1.29, 1.82) is 0 Å². The molecule has 4 heteroatoms. The van der Waals surface area contributed by atoms with Crippen LogP contribution in [0.4, 0.5) is 5.69 Å². The van der Waals surface area contributed by atoms with E-state index in [-0.39, 0.29) is 5.91 Å². The summed E-state index contributed by atoms with van der Waals surface area (Å²) in [6, 6.07) is 24.8.